The van der Waals surface area contributed by atoms with Crippen molar-refractivity contribution in [3.63, 3.8) is 0 Å². The third-order valence-corrected chi connectivity index (χ3v) is 6.26. The number of imide groups is 1. The highest BCUT2D eigenvalue weighted by atomic mass is 19.1. The summed E-state index contributed by atoms with van der Waals surface area (Å²) in [5, 5.41) is 16.5. The van der Waals surface area contributed by atoms with E-state index in [2.05, 4.69) is 5.10 Å². The first-order valence-corrected chi connectivity index (χ1v) is 10.2. The summed E-state index contributed by atoms with van der Waals surface area (Å²) in [5.41, 5.74) is 0.727. The summed E-state index contributed by atoms with van der Waals surface area (Å²) in [7, 11) is 0. The van der Waals surface area contributed by atoms with Gasteiger partial charge in [0.15, 0.2) is 5.75 Å². The van der Waals surface area contributed by atoms with E-state index in [4.69, 9.17) is 4.74 Å². The number of halogens is 1. The second-order valence-electron chi connectivity index (χ2n) is 8.13. The van der Waals surface area contributed by atoms with Gasteiger partial charge in [-0.05, 0) is 48.1 Å². The molecule has 2 amide bonds. The summed E-state index contributed by atoms with van der Waals surface area (Å²) in [6.45, 7) is 0.0322. The molecule has 2 fully saturated rings. The highest BCUT2D eigenvalue weighted by molar-refractivity contribution is 6.06. The van der Waals surface area contributed by atoms with E-state index in [1.807, 2.05) is 12.2 Å². The van der Waals surface area contributed by atoms with E-state index in [0.717, 1.165) is 11.4 Å². The van der Waals surface area contributed by atoms with Crippen LogP contribution in [0.15, 0.2) is 59.7 Å². The Morgan fingerprint density at radius 3 is 2.38 bits per heavy atom. The first kappa shape index (κ1) is 20.0. The van der Waals surface area contributed by atoms with E-state index < -0.39 is 4.92 Å². The molecular formula is C23H18FN3O5. The number of benzene rings is 2. The minimum Gasteiger partial charge on any atom is -0.482 e. The third-order valence-electron chi connectivity index (χ3n) is 6.26. The Bertz CT molecular complexity index is 1150. The number of amides is 2. The molecule has 1 saturated carbocycles. The number of hydrazone groups is 1. The average molecular weight is 435 g/mol. The topological polar surface area (TPSA) is 102 Å². The molecule has 32 heavy (non-hydrogen) atoms. The van der Waals surface area contributed by atoms with Gasteiger partial charge in [-0.15, -0.1) is 0 Å². The second kappa shape index (κ2) is 7.67. The average Bonchev–Trinajstić information content (AvgIpc) is 3.46. The van der Waals surface area contributed by atoms with Gasteiger partial charge in [0.2, 0.25) is 0 Å². The van der Waals surface area contributed by atoms with Crippen molar-refractivity contribution in [3.05, 3.63) is 81.7 Å². The van der Waals surface area contributed by atoms with Crippen molar-refractivity contribution in [2.75, 3.05) is 0 Å². The van der Waals surface area contributed by atoms with Crippen LogP contribution >= 0.6 is 0 Å². The van der Waals surface area contributed by atoms with Crippen molar-refractivity contribution in [2.24, 2.45) is 28.8 Å². The number of rotatable bonds is 6. The summed E-state index contributed by atoms with van der Waals surface area (Å²) in [6, 6.07) is 9.86. The lowest BCUT2D eigenvalue weighted by atomic mass is 9.85. The minimum atomic E-state index is -0.586. The highest BCUT2D eigenvalue weighted by Crippen LogP contribution is 2.52. The normalized spacial score (nSPS) is 25.7. The molecule has 162 valence electrons. The summed E-state index contributed by atoms with van der Waals surface area (Å²) in [5.74, 6) is -1.52. The Labute approximate surface area is 182 Å². The Balaban J connectivity index is 1.32. The molecule has 4 atom stereocenters. The van der Waals surface area contributed by atoms with Crippen LogP contribution in [0.5, 0.6) is 5.75 Å². The molecule has 0 N–H and O–H groups in total. The van der Waals surface area contributed by atoms with Gasteiger partial charge < -0.3 is 4.74 Å². The molecule has 2 aromatic carbocycles. The molecule has 0 aromatic heterocycles. The number of carbonyl (C=O) groups excluding carboxylic acids is 2. The smallest absolute Gasteiger partial charge is 0.311 e. The quantitative estimate of drug-likeness (QED) is 0.227. The van der Waals surface area contributed by atoms with E-state index in [9.17, 15) is 24.1 Å². The number of allylic oxidation sites excluding steroid dienone is 2. The van der Waals surface area contributed by atoms with Crippen LogP contribution < -0.4 is 4.74 Å². The molecule has 2 aliphatic carbocycles. The molecule has 8 nitrogen and oxygen atoms in total. The monoisotopic (exact) mass is 435 g/mol. The van der Waals surface area contributed by atoms with E-state index in [0.29, 0.717) is 11.1 Å². The molecule has 1 saturated heterocycles. The van der Waals surface area contributed by atoms with Gasteiger partial charge >= 0.3 is 5.69 Å². The Kier molecular flexibility index (Phi) is 4.80. The van der Waals surface area contributed by atoms with Gasteiger partial charge in [-0.25, -0.2) is 4.39 Å². The number of nitro benzene ring substituents is 1. The molecule has 2 bridgehead atoms. The number of hydrogen-bond donors (Lipinski definition) is 0. The van der Waals surface area contributed by atoms with Crippen molar-refractivity contribution < 1.29 is 23.6 Å². The molecule has 1 heterocycles. The Morgan fingerprint density at radius 2 is 1.75 bits per heavy atom. The fraction of sp³-hybridized carbons (Fsp3) is 0.261. The Morgan fingerprint density at radius 1 is 1.09 bits per heavy atom. The Hall–Kier alpha value is -3.88. The highest BCUT2D eigenvalue weighted by Gasteiger charge is 2.59. The van der Waals surface area contributed by atoms with Gasteiger partial charge in [-0.3, -0.25) is 19.7 Å². The second-order valence-corrected chi connectivity index (χ2v) is 8.13. The first-order chi connectivity index (χ1) is 15.4. The van der Waals surface area contributed by atoms with Crippen LogP contribution in [0.25, 0.3) is 0 Å². The van der Waals surface area contributed by atoms with E-state index >= 15 is 0 Å². The zero-order valence-electron chi connectivity index (χ0n) is 16.8. The van der Waals surface area contributed by atoms with E-state index in [-0.39, 0.29) is 59.3 Å². The van der Waals surface area contributed by atoms with Gasteiger partial charge in [0.05, 0.1) is 23.0 Å². The lowest BCUT2D eigenvalue weighted by molar-refractivity contribution is -0.385. The summed E-state index contributed by atoms with van der Waals surface area (Å²) in [6.07, 6.45) is 6.09. The fourth-order valence-electron chi connectivity index (χ4n) is 4.75. The molecular weight excluding hydrogens is 417 g/mol. The first-order valence-electron chi connectivity index (χ1n) is 10.2. The van der Waals surface area contributed by atoms with Crippen molar-refractivity contribution in [1.29, 1.82) is 0 Å². The van der Waals surface area contributed by atoms with Crippen LogP contribution in [0.3, 0.4) is 0 Å². The molecule has 1 aliphatic heterocycles. The molecule has 0 spiro atoms. The van der Waals surface area contributed by atoms with Crippen molar-refractivity contribution >= 4 is 23.7 Å². The molecule has 9 heteroatoms. The fourth-order valence-corrected chi connectivity index (χ4v) is 4.75. The number of ether oxygens (including phenoxy) is 1. The lowest BCUT2D eigenvalue weighted by Crippen LogP contribution is -2.28. The third kappa shape index (κ3) is 3.35. The SMILES string of the molecule is O=C1C2C3C=CC(C3)C2C(=O)N1N=Cc1ccc(OCc2ccc(F)cc2)c([N+](=O)[O-])c1. The van der Waals surface area contributed by atoms with Crippen LogP contribution in [-0.2, 0) is 16.2 Å². The lowest BCUT2D eigenvalue weighted by Gasteiger charge is -2.13. The van der Waals surface area contributed by atoms with E-state index in [1.165, 1.54) is 42.6 Å². The molecule has 5 rings (SSSR count). The van der Waals surface area contributed by atoms with Crippen LogP contribution in [0.4, 0.5) is 10.1 Å². The maximum atomic E-state index is 13.0. The van der Waals surface area contributed by atoms with Crippen LogP contribution in [0, 0.1) is 39.6 Å². The van der Waals surface area contributed by atoms with Crippen LogP contribution in [0.1, 0.15) is 17.5 Å². The number of fused-ring (bicyclic) bond motifs is 5. The van der Waals surface area contributed by atoms with Crippen LogP contribution in [0.2, 0.25) is 0 Å². The molecule has 0 radical (unpaired) electrons. The van der Waals surface area contributed by atoms with Gasteiger partial charge in [-0.1, -0.05) is 24.3 Å². The maximum absolute atomic E-state index is 13.0. The molecule has 4 unspecified atom stereocenters. The zero-order valence-corrected chi connectivity index (χ0v) is 16.8. The number of hydrogen-bond acceptors (Lipinski definition) is 6. The van der Waals surface area contributed by atoms with Crippen molar-refractivity contribution in [1.82, 2.24) is 5.01 Å². The van der Waals surface area contributed by atoms with Gasteiger partial charge in [0, 0.05) is 11.6 Å². The minimum absolute atomic E-state index is 0.0322. The molecule has 2 aromatic rings. The van der Waals surface area contributed by atoms with Gasteiger partial charge in [0.1, 0.15) is 12.4 Å². The van der Waals surface area contributed by atoms with Crippen LogP contribution in [-0.4, -0.2) is 28.0 Å². The predicted molar refractivity (Wildman–Crippen MR) is 111 cm³/mol. The van der Waals surface area contributed by atoms with Crippen molar-refractivity contribution in [3.8, 4) is 5.75 Å². The van der Waals surface area contributed by atoms with Crippen molar-refractivity contribution in [2.45, 2.75) is 13.0 Å². The summed E-state index contributed by atoms with van der Waals surface area (Å²) < 4.78 is 18.6. The molecule has 3 aliphatic rings. The largest absolute Gasteiger partial charge is 0.482 e. The van der Waals surface area contributed by atoms with E-state index in [1.54, 1.807) is 6.07 Å². The summed E-state index contributed by atoms with van der Waals surface area (Å²) >= 11 is 0. The van der Waals surface area contributed by atoms with Gasteiger partial charge in [0.25, 0.3) is 11.8 Å². The standard InChI is InChI=1S/C23H18FN3O5/c24-17-6-1-13(2-7-17)12-32-19-8-3-14(9-18(19)27(30)31)11-25-26-22(28)20-15-4-5-16(10-15)21(20)23(26)29/h1-9,11,15-16,20-21H,10,12H2. The number of nitrogens with zero attached hydrogens (tertiary/aromatic N) is 3. The number of carbonyl (C=O) groups is 2. The van der Waals surface area contributed by atoms with Gasteiger partial charge in [-0.2, -0.15) is 10.1 Å². The summed E-state index contributed by atoms with van der Waals surface area (Å²) in [4.78, 5) is 36.3. The number of nitro groups is 1. The maximum Gasteiger partial charge on any atom is 0.311 e. The zero-order chi connectivity index (χ0) is 22.4. The predicted octanol–water partition coefficient (Wildman–Crippen LogP) is 3.45.